The van der Waals surface area contributed by atoms with Crippen LogP contribution >= 0.6 is 0 Å². The van der Waals surface area contributed by atoms with Gasteiger partial charge in [-0.15, -0.1) is 0 Å². The van der Waals surface area contributed by atoms with Gasteiger partial charge in [0.05, 0.1) is 11.2 Å². The molecule has 2 N–H and O–H groups in total. The fourth-order valence-electron chi connectivity index (χ4n) is 1.03. The van der Waals surface area contributed by atoms with E-state index in [1.54, 1.807) is 0 Å². The van der Waals surface area contributed by atoms with Crippen molar-refractivity contribution in [3.05, 3.63) is 35.1 Å². The molecular weight excluding hydrogens is 251 g/mol. The molecule has 1 rings (SSSR count). The van der Waals surface area contributed by atoms with Crippen molar-refractivity contribution in [1.29, 1.82) is 0 Å². The highest BCUT2D eigenvalue weighted by molar-refractivity contribution is 5.93. The van der Waals surface area contributed by atoms with Gasteiger partial charge in [-0.3, -0.25) is 9.63 Å². The molecule has 0 radical (unpaired) electrons. The number of aliphatic hydroxyl groups is 1. The molecule has 0 aliphatic heterocycles. The van der Waals surface area contributed by atoms with Gasteiger partial charge in [-0.25, -0.2) is 18.7 Å². The summed E-state index contributed by atoms with van der Waals surface area (Å²) in [7, 11) is 0. The van der Waals surface area contributed by atoms with Crippen LogP contribution < -0.4 is 5.48 Å². The number of rotatable bonds is 4. The first-order chi connectivity index (χ1) is 8.22. The van der Waals surface area contributed by atoms with Crippen LogP contribution in [0.4, 0.5) is 13.2 Å². The fourth-order valence-corrected chi connectivity index (χ4v) is 1.03. The molecule has 0 saturated heterocycles. The van der Waals surface area contributed by atoms with Gasteiger partial charge in [-0.2, -0.15) is 0 Å². The summed E-state index contributed by atoms with van der Waals surface area (Å²) in [6.45, 7) is 2.61. The lowest BCUT2D eigenvalue weighted by Gasteiger charge is -2.16. The average molecular weight is 263 g/mol. The van der Waals surface area contributed by atoms with E-state index in [0.29, 0.717) is 6.07 Å². The molecule has 4 nitrogen and oxygen atoms in total. The van der Waals surface area contributed by atoms with Crippen LogP contribution in [-0.4, -0.2) is 23.2 Å². The van der Waals surface area contributed by atoms with E-state index in [4.69, 9.17) is 0 Å². The second kappa shape index (κ2) is 5.36. The molecule has 0 spiro atoms. The first-order valence-electron chi connectivity index (χ1n) is 5.00. The van der Waals surface area contributed by atoms with E-state index >= 15 is 0 Å². The highest BCUT2D eigenvalue weighted by Gasteiger charge is 2.20. The number of carbonyl (C=O) groups is 1. The molecular formula is C11H12F3NO3. The van der Waals surface area contributed by atoms with Crippen LogP contribution in [0.15, 0.2) is 12.1 Å². The van der Waals surface area contributed by atoms with Gasteiger partial charge in [0, 0.05) is 0 Å². The van der Waals surface area contributed by atoms with Crippen LogP contribution in [-0.2, 0) is 4.84 Å². The molecule has 0 heterocycles. The van der Waals surface area contributed by atoms with E-state index in [1.807, 2.05) is 5.48 Å². The van der Waals surface area contributed by atoms with Crippen molar-refractivity contribution in [3.8, 4) is 0 Å². The highest BCUT2D eigenvalue weighted by atomic mass is 19.2. The summed E-state index contributed by atoms with van der Waals surface area (Å²) in [5, 5.41) is 9.28. The van der Waals surface area contributed by atoms with E-state index in [-0.39, 0.29) is 6.61 Å². The zero-order valence-corrected chi connectivity index (χ0v) is 9.76. The molecule has 0 saturated carbocycles. The van der Waals surface area contributed by atoms with E-state index in [0.717, 1.165) is 6.07 Å². The van der Waals surface area contributed by atoms with Gasteiger partial charge in [0.15, 0.2) is 17.5 Å². The number of hydrogen-bond acceptors (Lipinski definition) is 3. The summed E-state index contributed by atoms with van der Waals surface area (Å²) in [5.41, 5.74) is -0.0698. The second-order valence-corrected chi connectivity index (χ2v) is 4.26. The Hall–Kier alpha value is -1.60. The average Bonchev–Trinajstić information content (AvgIpc) is 2.24. The smallest absolute Gasteiger partial charge is 0.277 e. The molecule has 0 unspecified atom stereocenters. The van der Waals surface area contributed by atoms with Gasteiger partial charge in [0.2, 0.25) is 0 Å². The van der Waals surface area contributed by atoms with E-state index < -0.39 is 34.5 Å². The van der Waals surface area contributed by atoms with Crippen molar-refractivity contribution in [2.75, 3.05) is 6.61 Å². The summed E-state index contributed by atoms with van der Waals surface area (Å²) in [4.78, 5) is 16.0. The Morgan fingerprint density at radius 3 is 2.50 bits per heavy atom. The zero-order chi connectivity index (χ0) is 13.9. The Labute approximate surface area is 101 Å². The largest absolute Gasteiger partial charge is 0.388 e. The van der Waals surface area contributed by atoms with Crippen molar-refractivity contribution >= 4 is 5.91 Å². The molecule has 1 aromatic rings. The van der Waals surface area contributed by atoms with Gasteiger partial charge >= 0.3 is 0 Å². The minimum Gasteiger partial charge on any atom is -0.388 e. The number of benzene rings is 1. The van der Waals surface area contributed by atoms with Crippen molar-refractivity contribution in [2.45, 2.75) is 19.4 Å². The van der Waals surface area contributed by atoms with Gasteiger partial charge in [-0.1, -0.05) is 0 Å². The van der Waals surface area contributed by atoms with E-state index in [2.05, 4.69) is 4.84 Å². The van der Waals surface area contributed by atoms with Crippen LogP contribution in [0.2, 0.25) is 0 Å². The van der Waals surface area contributed by atoms with E-state index in [1.165, 1.54) is 13.8 Å². The molecule has 0 fully saturated rings. The van der Waals surface area contributed by atoms with E-state index in [9.17, 15) is 23.1 Å². The normalized spacial score (nSPS) is 11.4. The summed E-state index contributed by atoms with van der Waals surface area (Å²) >= 11 is 0. The quantitative estimate of drug-likeness (QED) is 0.640. The molecule has 1 amide bonds. The molecule has 0 aromatic heterocycles. The van der Waals surface area contributed by atoms with Crippen LogP contribution in [0.5, 0.6) is 0 Å². The summed E-state index contributed by atoms with van der Waals surface area (Å²) in [5.74, 6) is -5.79. The fraction of sp³-hybridized carbons (Fsp3) is 0.364. The zero-order valence-electron chi connectivity index (χ0n) is 9.76. The van der Waals surface area contributed by atoms with Gasteiger partial charge in [0.1, 0.15) is 6.61 Å². The standard InChI is InChI=1S/C11H12F3NO3/c1-11(2,17)5-18-15-10(16)6-3-4-7(12)9(14)8(6)13/h3-4,17H,5H2,1-2H3,(H,15,16). The molecule has 1 aromatic carbocycles. The number of hydroxylamine groups is 1. The Morgan fingerprint density at radius 2 is 1.94 bits per heavy atom. The number of carbonyl (C=O) groups excluding carboxylic acids is 1. The molecule has 0 bridgehead atoms. The first kappa shape index (κ1) is 14.5. The lowest BCUT2D eigenvalue weighted by atomic mass is 10.2. The van der Waals surface area contributed by atoms with Crippen LogP contribution in [0.1, 0.15) is 24.2 Å². The third-order valence-corrected chi connectivity index (χ3v) is 1.87. The van der Waals surface area contributed by atoms with Crippen molar-refractivity contribution in [2.24, 2.45) is 0 Å². The van der Waals surface area contributed by atoms with Gasteiger partial charge < -0.3 is 5.11 Å². The van der Waals surface area contributed by atoms with Crippen molar-refractivity contribution in [3.63, 3.8) is 0 Å². The molecule has 100 valence electrons. The van der Waals surface area contributed by atoms with Gasteiger partial charge in [-0.05, 0) is 26.0 Å². The lowest BCUT2D eigenvalue weighted by molar-refractivity contribution is -0.0523. The van der Waals surface area contributed by atoms with Gasteiger partial charge in [0.25, 0.3) is 5.91 Å². The van der Waals surface area contributed by atoms with Crippen molar-refractivity contribution < 1.29 is 27.9 Å². The minimum atomic E-state index is -1.73. The number of nitrogens with one attached hydrogen (secondary N) is 1. The maximum Gasteiger partial charge on any atom is 0.277 e. The van der Waals surface area contributed by atoms with Crippen LogP contribution in [0.3, 0.4) is 0 Å². The molecule has 0 aliphatic carbocycles. The molecule has 0 atom stereocenters. The Kier molecular flexibility index (Phi) is 4.31. The Balaban J connectivity index is 2.71. The third kappa shape index (κ3) is 3.71. The number of amides is 1. The molecule has 0 aliphatic rings. The lowest BCUT2D eigenvalue weighted by Crippen LogP contribution is -2.33. The predicted octanol–water partition coefficient (Wildman–Crippen LogP) is 1.54. The number of halogens is 3. The molecule has 7 heteroatoms. The summed E-state index contributed by atoms with van der Waals surface area (Å²) < 4.78 is 38.7. The topological polar surface area (TPSA) is 58.6 Å². The van der Waals surface area contributed by atoms with Crippen LogP contribution in [0.25, 0.3) is 0 Å². The third-order valence-electron chi connectivity index (χ3n) is 1.87. The highest BCUT2D eigenvalue weighted by Crippen LogP contribution is 2.15. The predicted molar refractivity (Wildman–Crippen MR) is 56.0 cm³/mol. The maximum atomic E-state index is 13.2. The minimum absolute atomic E-state index is 0.246. The summed E-state index contributed by atoms with van der Waals surface area (Å²) in [6, 6.07) is 1.42. The number of hydrogen-bond donors (Lipinski definition) is 2. The monoisotopic (exact) mass is 263 g/mol. The summed E-state index contributed by atoms with van der Waals surface area (Å²) in [6.07, 6.45) is 0. The maximum absolute atomic E-state index is 13.2. The Bertz CT molecular complexity index is 458. The van der Waals surface area contributed by atoms with Crippen molar-refractivity contribution in [1.82, 2.24) is 5.48 Å². The first-order valence-corrected chi connectivity index (χ1v) is 5.00. The SMILES string of the molecule is CC(C)(O)CONC(=O)c1ccc(F)c(F)c1F. The molecule has 18 heavy (non-hydrogen) atoms. The Morgan fingerprint density at radius 1 is 1.33 bits per heavy atom. The second-order valence-electron chi connectivity index (χ2n) is 4.26. The van der Waals surface area contributed by atoms with Crippen LogP contribution in [0, 0.1) is 17.5 Å².